The van der Waals surface area contributed by atoms with Gasteiger partial charge in [0.2, 0.25) is 0 Å². The van der Waals surface area contributed by atoms with E-state index in [4.69, 9.17) is 4.74 Å². The Kier molecular flexibility index (Phi) is 3.24. The predicted molar refractivity (Wildman–Crippen MR) is 82.4 cm³/mol. The van der Waals surface area contributed by atoms with Crippen molar-refractivity contribution in [1.82, 2.24) is 0 Å². The van der Waals surface area contributed by atoms with Gasteiger partial charge in [-0.2, -0.15) is 0 Å². The van der Waals surface area contributed by atoms with Gasteiger partial charge >= 0.3 is 5.97 Å². The van der Waals surface area contributed by atoms with Crippen molar-refractivity contribution < 1.29 is 9.53 Å². The molecule has 2 nitrogen and oxygen atoms in total. The first-order valence-electron chi connectivity index (χ1n) is 8.70. The number of carbonyl (C=O) groups is 1. The number of esters is 1. The fourth-order valence-electron chi connectivity index (χ4n) is 6.40. The highest BCUT2D eigenvalue weighted by Crippen LogP contribution is 2.68. The van der Waals surface area contributed by atoms with E-state index in [1.165, 1.54) is 25.3 Å². The smallest absolute Gasteiger partial charge is 0.330 e. The number of ether oxygens (including phenoxy) is 1. The first kappa shape index (κ1) is 13.6. The van der Waals surface area contributed by atoms with E-state index in [0.717, 1.165) is 47.8 Å². The topological polar surface area (TPSA) is 26.3 Å². The summed E-state index contributed by atoms with van der Waals surface area (Å²) in [7, 11) is 0. The average Bonchev–Trinajstić information content (AvgIpc) is 3.25. The molecule has 2 heteroatoms. The molecule has 3 fully saturated rings. The molecule has 0 amide bonds. The van der Waals surface area contributed by atoms with Crippen LogP contribution in [0.15, 0.2) is 24.8 Å². The van der Waals surface area contributed by atoms with Crippen LogP contribution in [-0.4, -0.2) is 12.6 Å². The summed E-state index contributed by atoms with van der Waals surface area (Å²) >= 11 is 0. The Bertz CT molecular complexity index is 480. The maximum absolute atomic E-state index is 11.3. The maximum atomic E-state index is 11.3. The van der Waals surface area contributed by atoms with Crippen LogP contribution >= 0.6 is 0 Å². The quantitative estimate of drug-likeness (QED) is 0.332. The summed E-state index contributed by atoms with van der Waals surface area (Å²) in [6.07, 6.45) is 11.7. The van der Waals surface area contributed by atoms with Crippen molar-refractivity contribution in [3.05, 3.63) is 24.8 Å². The molecule has 4 aliphatic carbocycles. The lowest BCUT2D eigenvalue weighted by atomic mass is 9.66. The number of rotatable bonds is 5. The lowest BCUT2D eigenvalue weighted by Gasteiger charge is -2.39. The minimum atomic E-state index is -0.266. The van der Waals surface area contributed by atoms with Crippen molar-refractivity contribution in [2.75, 3.05) is 6.61 Å². The SMILES string of the molecule is C=CC(=O)OCC(CC)C1CC2CC1C1C3C=CC(C3)C21. The third-order valence-corrected chi connectivity index (χ3v) is 7.06. The molecule has 8 atom stereocenters. The first-order valence-corrected chi connectivity index (χ1v) is 8.70. The Morgan fingerprint density at radius 3 is 2.76 bits per heavy atom. The standard InChI is InChI=1S/C19H26O2/c1-3-11(10-21-17(20)4-2)15-8-14-9-16(15)19-13-6-5-12(7-13)18(14)19/h4-6,11-16,18-19H,2-3,7-10H2,1H3. The zero-order valence-corrected chi connectivity index (χ0v) is 12.9. The highest BCUT2D eigenvalue weighted by atomic mass is 16.5. The van der Waals surface area contributed by atoms with Crippen LogP contribution in [0.4, 0.5) is 0 Å². The van der Waals surface area contributed by atoms with Crippen LogP contribution in [0, 0.1) is 47.3 Å². The van der Waals surface area contributed by atoms with Crippen molar-refractivity contribution in [3.63, 3.8) is 0 Å². The molecule has 4 rings (SSSR count). The number of hydrogen-bond donors (Lipinski definition) is 0. The van der Waals surface area contributed by atoms with Gasteiger partial charge in [0.15, 0.2) is 0 Å². The van der Waals surface area contributed by atoms with E-state index in [9.17, 15) is 4.79 Å². The highest BCUT2D eigenvalue weighted by molar-refractivity contribution is 5.81. The monoisotopic (exact) mass is 286 g/mol. The molecule has 0 aliphatic heterocycles. The molecule has 0 aromatic heterocycles. The Labute approximate surface area is 127 Å². The number of allylic oxidation sites excluding steroid dienone is 2. The molecule has 3 saturated carbocycles. The third kappa shape index (κ3) is 1.94. The Morgan fingerprint density at radius 1 is 1.29 bits per heavy atom. The molecule has 4 aliphatic rings. The van der Waals surface area contributed by atoms with Gasteiger partial charge in [-0.25, -0.2) is 4.79 Å². The second-order valence-electron chi connectivity index (χ2n) is 7.66. The lowest BCUT2D eigenvalue weighted by Crippen LogP contribution is -2.35. The molecule has 4 bridgehead atoms. The summed E-state index contributed by atoms with van der Waals surface area (Å²) in [6, 6.07) is 0. The van der Waals surface area contributed by atoms with E-state index in [1.807, 2.05) is 0 Å². The van der Waals surface area contributed by atoms with Crippen molar-refractivity contribution in [2.45, 2.75) is 32.6 Å². The molecule has 0 heterocycles. The predicted octanol–water partition coefficient (Wildman–Crippen LogP) is 3.84. The normalized spacial score (nSPS) is 46.6. The zero-order valence-electron chi connectivity index (χ0n) is 12.9. The van der Waals surface area contributed by atoms with Crippen LogP contribution < -0.4 is 0 Å². The molecule has 0 aromatic rings. The lowest BCUT2D eigenvalue weighted by molar-refractivity contribution is -0.140. The minimum absolute atomic E-state index is 0.266. The van der Waals surface area contributed by atoms with Crippen molar-refractivity contribution in [3.8, 4) is 0 Å². The molecule has 0 N–H and O–H groups in total. The summed E-state index contributed by atoms with van der Waals surface area (Å²) < 4.78 is 5.37. The summed E-state index contributed by atoms with van der Waals surface area (Å²) in [5.41, 5.74) is 0. The van der Waals surface area contributed by atoms with Crippen molar-refractivity contribution >= 4 is 5.97 Å². The van der Waals surface area contributed by atoms with E-state index in [2.05, 4.69) is 25.7 Å². The van der Waals surface area contributed by atoms with Gasteiger partial charge in [0.05, 0.1) is 6.61 Å². The first-order chi connectivity index (χ1) is 10.2. The second kappa shape index (κ2) is 5.00. The molecule has 114 valence electrons. The summed E-state index contributed by atoms with van der Waals surface area (Å²) in [5.74, 6) is 6.63. The van der Waals surface area contributed by atoms with Gasteiger partial charge in [0, 0.05) is 6.08 Å². The van der Waals surface area contributed by atoms with Gasteiger partial charge in [0.25, 0.3) is 0 Å². The minimum Gasteiger partial charge on any atom is -0.462 e. The molecule has 0 spiro atoms. The molecule has 0 aromatic carbocycles. The van der Waals surface area contributed by atoms with E-state index in [0.29, 0.717) is 12.5 Å². The van der Waals surface area contributed by atoms with Crippen LogP contribution in [-0.2, 0) is 9.53 Å². The van der Waals surface area contributed by atoms with Crippen LogP contribution in [0.5, 0.6) is 0 Å². The fraction of sp³-hybridized carbons (Fsp3) is 0.737. The Morgan fingerprint density at radius 2 is 2.05 bits per heavy atom. The maximum Gasteiger partial charge on any atom is 0.330 e. The summed E-state index contributed by atoms with van der Waals surface area (Å²) in [6.45, 7) is 6.33. The molecule has 8 unspecified atom stereocenters. The van der Waals surface area contributed by atoms with Crippen molar-refractivity contribution in [1.29, 1.82) is 0 Å². The van der Waals surface area contributed by atoms with Gasteiger partial charge < -0.3 is 4.74 Å². The van der Waals surface area contributed by atoms with Gasteiger partial charge in [0.1, 0.15) is 0 Å². The van der Waals surface area contributed by atoms with Crippen LogP contribution in [0.1, 0.15) is 32.6 Å². The van der Waals surface area contributed by atoms with E-state index in [1.54, 1.807) is 0 Å². The zero-order chi connectivity index (χ0) is 14.6. The molecular weight excluding hydrogens is 260 g/mol. The molecular formula is C19H26O2. The van der Waals surface area contributed by atoms with E-state index in [-0.39, 0.29) is 5.97 Å². The van der Waals surface area contributed by atoms with Gasteiger partial charge in [-0.15, -0.1) is 0 Å². The Hall–Kier alpha value is -1.05. The van der Waals surface area contributed by atoms with Gasteiger partial charge in [-0.3, -0.25) is 0 Å². The van der Waals surface area contributed by atoms with Crippen LogP contribution in [0.25, 0.3) is 0 Å². The fourth-order valence-corrected chi connectivity index (χ4v) is 6.40. The molecule has 0 saturated heterocycles. The van der Waals surface area contributed by atoms with Crippen LogP contribution in [0.3, 0.4) is 0 Å². The number of carbonyl (C=O) groups excluding carboxylic acids is 1. The van der Waals surface area contributed by atoms with Crippen molar-refractivity contribution in [2.24, 2.45) is 47.3 Å². The summed E-state index contributed by atoms with van der Waals surface area (Å²) in [5, 5.41) is 0. The highest BCUT2D eigenvalue weighted by Gasteiger charge is 2.61. The third-order valence-electron chi connectivity index (χ3n) is 7.06. The van der Waals surface area contributed by atoms with Gasteiger partial charge in [-0.1, -0.05) is 25.7 Å². The van der Waals surface area contributed by atoms with E-state index >= 15 is 0 Å². The molecule has 0 radical (unpaired) electrons. The number of hydrogen-bond acceptors (Lipinski definition) is 2. The van der Waals surface area contributed by atoms with Crippen LogP contribution in [0.2, 0.25) is 0 Å². The molecule has 21 heavy (non-hydrogen) atoms. The second-order valence-corrected chi connectivity index (χ2v) is 7.66. The van der Waals surface area contributed by atoms with E-state index < -0.39 is 0 Å². The Balaban J connectivity index is 1.46. The average molecular weight is 286 g/mol. The summed E-state index contributed by atoms with van der Waals surface area (Å²) in [4.78, 5) is 11.3. The number of fused-ring (bicyclic) bond motifs is 9. The van der Waals surface area contributed by atoms with Gasteiger partial charge in [-0.05, 0) is 73.0 Å². The largest absolute Gasteiger partial charge is 0.462 e.